The minimum absolute atomic E-state index is 0.0223. The van der Waals surface area contributed by atoms with Gasteiger partial charge in [-0.1, -0.05) is 23.9 Å². The molecule has 0 spiro atoms. The van der Waals surface area contributed by atoms with Gasteiger partial charge in [0, 0.05) is 0 Å². The van der Waals surface area contributed by atoms with Gasteiger partial charge >= 0.3 is 5.97 Å². The van der Waals surface area contributed by atoms with Crippen molar-refractivity contribution < 1.29 is 24.5 Å². The maximum Gasteiger partial charge on any atom is 0.344 e. The average molecular weight is 397 g/mol. The number of aliphatic hydroxyl groups is 1. The number of esters is 1. The van der Waals surface area contributed by atoms with Crippen LogP contribution >= 0.6 is 11.8 Å². The van der Waals surface area contributed by atoms with Crippen LogP contribution in [0.4, 0.5) is 5.69 Å². The van der Waals surface area contributed by atoms with E-state index in [1.54, 1.807) is 68.6 Å². The standard InChI is InChI=1S/C21H19NO5S/c1-3-27-21(25)18-19(24)17(12-13-5-4-6-15(23)11-13)28-20(18)22-14-7-9-16(26-2)10-8-14/h4-12,23-24H,3H2,1-2H3/b17-12-,22-20?. The number of carbonyl (C=O) groups is 1. The molecule has 0 amide bonds. The molecule has 0 unspecified atom stereocenters. The van der Waals surface area contributed by atoms with E-state index in [0.29, 0.717) is 26.9 Å². The van der Waals surface area contributed by atoms with Gasteiger partial charge in [-0.3, -0.25) is 0 Å². The van der Waals surface area contributed by atoms with Crippen molar-refractivity contribution in [3.05, 3.63) is 70.3 Å². The molecule has 0 aromatic heterocycles. The van der Waals surface area contributed by atoms with Gasteiger partial charge in [-0.15, -0.1) is 0 Å². The predicted octanol–water partition coefficient (Wildman–Crippen LogP) is 4.59. The number of hydrogen-bond donors (Lipinski definition) is 2. The summed E-state index contributed by atoms with van der Waals surface area (Å²) >= 11 is 1.16. The van der Waals surface area contributed by atoms with Gasteiger partial charge in [0.1, 0.15) is 27.9 Å². The Morgan fingerprint density at radius 3 is 2.57 bits per heavy atom. The quantitative estimate of drug-likeness (QED) is 0.717. The van der Waals surface area contributed by atoms with E-state index in [1.165, 1.54) is 0 Å². The Balaban J connectivity index is 2.01. The number of benzene rings is 2. The zero-order chi connectivity index (χ0) is 20.1. The SMILES string of the molecule is CCOC(=O)C1=C(O)/C(=C/c2cccc(O)c2)SC1=Nc1ccc(OC)cc1. The van der Waals surface area contributed by atoms with Crippen molar-refractivity contribution in [2.24, 2.45) is 4.99 Å². The molecular weight excluding hydrogens is 378 g/mol. The smallest absolute Gasteiger partial charge is 0.344 e. The van der Waals surface area contributed by atoms with Crippen LogP contribution < -0.4 is 4.74 Å². The zero-order valence-electron chi connectivity index (χ0n) is 15.4. The number of phenols is 1. The highest BCUT2D eigenvalue weighted by Crippen LogP contribution is 2.40. The van der Waals surface area contributed by atoms with Crippen LogP contribution in [-0.2, 0) is 9.53 Å². The average Bonchev–Trinajstić information content (AvgIpc) is 2.97. The number of aromatic hydroxyl groups is 1. The number of methoxy groups -OCH3 is 1. The highest BCUT2D eigenvalue weighted by Gasteiger charge is 2.33. The molecule has 144 valence electrons. The van der Waals surface area contributed by atoms with Gasteiger partial charge in [-0.2, -0.15) is 0 Å². The lowest BCUT2D eigenvalue weighted by Gasteiger charge is -2.04. The second kappa shape index (κ2) is 8.67. The van der Waals surface area contributed by atoms with Crippen LogP contribution in [0.3, 0.4) is 0 Å². The summed E-state index contributed by atoms with van der Waals surface area (Å²) < 4.78 is 10.2. The second-order valence-corrected chi connectivity index (χ2v) is 6.80. The summed E-state index contributed by atoms with van der Waals surface area (Å²) in [6.07, 6.45) is 1.68. The molecule has 28 heavy (non-hydrogen) atoms. The lowest BCUT2D eigenvalue weighted by molar-refractivity contribution is -0.138. The van der Waals surface area contributed by atoms with Gasteiger partial charge in [-0.05, 0) is 55.0 Å². The van der Waals surface area contributed by atoms with Gasteiger partial charge in [0.25, 0.3) is 0 Å². The van der Waals surface area contributed by atoms with Crippen LogP contribution in [-0.4, -0.2) is 34.9 Å². The fourth-order valence-electron chi connectivity index (χ4n) is 2.53. The highest BCUT2D eigenvalue weighted by molar-refractivity contribution is 8.18. The van der Waals surface area contributed by atoms with Crippen LogP contribution in [0.25, 0.3) is 6.08 Å². The van der Waals surface area contributed by atoms with E-state index in [2.05, 4.69) is 4.99 Å². The van der Waals surface area contributed by atoms with E-state index in [1.807, 2.05) is 0 Å². The number of hydrogen-bond acceptors (Lipinski definition) is 7. The third-order valence-electron chi connectivity index (χ3n) is 3.84. The number of phenolic OH excluding ortho intramolecular Hbond substituents is 1. The number of aliphatic hydroxyl groups excluding tert-OH is 1. The summed E-state index contributed by atoms with van der Waals surface area (Å²) in [5.41, 5.74) is 1.31. The molecule has 0 radical (unpaired) electrons. The minimum atomic E-state index is -0.640. The van der Waals surface area contributed by atoms with Crippen LogP contribution in [0.15, 0.2) is 69.8 Å². The van der Waals surface area contributed by atoms with Crippen molar-refractivity contribution in [1.82, 2.24) is 0 Å². The van der Waals surface area contributed by atoms with Crippen molar-refractivity contribution >= 4 is 34.5 Å². The summed E-state index contributed by atoms with van der Waals surface area (Å²) in [6.45, 7) is 1.88. The Labute approximate surface area is 166 Å². The lowest BCUT2D eigenvalue weighted by atomic mass is 10.1. The first-order chi connectivity index (χ1) is 13.5. The second-order valence-electron chi connectivity index (χ2n) is 5.76. The van der Waals surface area contributed by atoms with E-state index in [4.69, 9.17) is 9.47 Å². The van der Waals surface area contributed by atoms with Crippen molar-refractivity contribution in [2.75, 3.05) is 13.7 Å². The molecule has 7 heteroatoms. The van der Waals surface area contributed by atoms with Crippen LogP contribution in [0, 0.1) is 0 Å². The Bertz CT molecular complexity index is 977. The van der Waals surface area contributed by atoms with Crippen molar-refractivity contribution in [3.8, 4) is 11.5 Å². The van der Waals surface area contributed by atoms with Gasteiger partial charge in [0.2, 0.25) is 0 Å². The maximum atomic E-state index is 12.4. The molecule has 0 aliphatic carbocycles. The van der Waals surface area contributed by atoms with Gasteiger partial charge in [-0.25, -0.2) is 9.79 Å². The summed E-state index contributed by atoms with van der Waals surface area (Å²) in [4.78, 5) is 17.3. The van der Waals surface area contributed by atoms with Gasteiger partial charge in [0.15, 0.2) is 0 Å². The zero-order valence-corrected chi connectivity index (χ0v) is 16.2. The highest BCUT2D eigenvalue weighted by atomic mass is 32.2. The lowest BCUT2D eigenvalue weighted by Crippen LogP contribution is -2.12. The molecule has 1 heterocycles. The van der Waals surface area contributed by atoms with E-state index in [0.717, 1.165) is 11.8 Å². The van der Waals surface area contributed by atoms with E-state index < -0.39 is 5.97 Å². The Kier molecular flexibility index (Phi) is 6.06. The van der Waals surface area contributed by atoms with Crippen molar-refractivity contribution in [3.63, 3.8) is 0 Å². The summed E-state index contributed by atoms with van der Waals surface area (Å²) in [6, 6.07) is 13.6. The largest absolute Gasteiger partial charge is 0.508 e. The molecule has 0 atom stereocenters. The van der Waals surface area contributed by atoms with Gasteiger partial charge in [0.05, 0.1) is 24.3 Å². The third kappa shape index (κ3) is 4.37. The molecule has 2 aromatic rings. The first-order valence-electron chi connectivity index (χ1n) is 8.54. The summed E-state index contributed by atoms with van der Waals surface area (Å²) in [5, 5.41) is 20.6. The molecular formula is C21H19NO5S. The topological polar surface area (TPSA) is 88.4 Å². The van der Waals surface area contributed by atoms with Crippen LogP contribution in [0.1, 0.15) is 12.5 Å². The molecule has 6 nitrogen and oxygen atoms in total. The van der Waals surface area contributed by atoms with Crippen molar-refractivity contribution in [1.29, 1.82) is 0 Å². The number of aliphatic imine (C=N–C) groups is 1. The fourth-order valence-corrected chi connectivity index (χ4v) is 3.57. The third-order valence-corrected chi connectivity index (χ3v) is 4.86. The number of rotatable bonds is 5. The monoisotopic (exact) mass is 397 g/mol. The van der Waals surface area contributed by atoms with E-state index in [-0.39, 0.29) is 23.7 Å². The molecule has 1 aliphatic rings. The normalized spacial score (nSPS) is 16.6. The first-order valence-corrected chi connectivity index (χ1v) is 9.36. The fraction of sp³-hybridized carbons (Fsp3) is 0.143. The number of nitrogens with zero attached hydrogens (tertiary/aromatic N) is 1. The molecule has 0 saturated carbocycles. The molecule has 2 aromatic carbocycles. The van der Waals surface area contributed by atoms with Crippen molar-refractivity contribution in [2.45, 2.75) is 6.92 Å². The first kappa shape index (κ1) is 19.6. The molecule has 1 aliphatic heterocycles. The van der Waals surface area contributed by atoms with Crippen LogP contribution in [0.2, 0.25) is 0 Å². The Hall–Kier alpha value is -3.19. The Morgan fingerprint density at radius 2 is 1.93 bits per heavy atom. The Morgan fingerprint density at radius 1 is 1.18 bits per heavy atom. The van der Waals surface area contributed by atoms with Crippen LogP contribution in [0.5, 0.6) is 11.5 Å². The number of thioether (sulfide) groups is 1. The molecule has 0 fully saturated rings. The molecule has 0 bridgehead atoms. The van der Waals surface area contributed by atoms with E-state index in [9.17, 15) is 15.0 Å². The number of carbonyl (C=O) groups excluding carboxylic acids is 1. The van der Waals surface area contributed by atoms with E-state index >= 15 is 0 Å². The maximum absolute atomic E-state index is 12.4. The van der Waals surface area contributed by atoms with Gasteiger partial charge < -0.3 is 19.7 Å². The minimum Gasteiger partial charge on any atom is -0.508 e. The summed E-state index contributed by atoms with van der Waals surface area (Å²) in [5.74, 6) is -0.0341. The molecule has 0 saturated heterocycles. The predicted molar refractivity (Wildman–Crippen MR) is 110 cm³/mol. The molecule has 3 rings (SSSR count). The number of ether oxygens (including phenoxy) is 2. The summed E-state index contributed by atoms with van der Waals surface area (Å²) in [7, 11) is 1.58. The molecule has 2 N–H and O–H groups in total.